The van der Waals surface area contributed by atoms with Gasteiger partial charge in [0.2, 0.25) is 0 Å². The highest BCUT2D eigenvalue weighted by Crippen LogP contribution is 1.98. The van der Waals surface area contributed by atoms with Crippen LogP contribution in [0.3, 0.4) is 0 Å². The summed E-state index contributed by atoms with van der Waals surface area (Å²) in [5, 5.41) is 3.31. The molecule has 0 aliphatic carbocycles. The van der Waals surface area contributed by atoms with E-state index in [0.29, 0.717) is 19.3 Å². The zero-order valence-electron chi connectivity index (χ0n) is 9.66. The van der Waals surface area contributed by atoms with Crippen molar-refractivity contribution in [1.82, 2.24) is 15.3 Å². The molecular formula is C11H19N3O. The SMILES string of the molecule is CCOCc1ncc(CNC(C)C)cn1. The fourth-order valence-corrected chi connectivity index (χ4v) is 1.06. The van der Waals surface area contributed by atoms with Crippen molar-refractivity contribution in [1.29, 1.82) is 0 Å². The molecular weight excluding hydrogens is 190 g/mol. The maximum Gasteiger partial charge on any atom is 0.153 e. The largest absolute Gasteiger partial charge is 0.374 e. The molecule has 0 radical (unpaired) electrons. The van der Waals surface area contributed by atoms with Gasteiger partial charge in [-0.3, -0.25) is 0 Å². The number of aromatic nitrogens is 2. The Morgan fingerprint density at radius 3 is 2.53 bits per heavy atom. The lowest BCUT2D eigenvalue weighted by Crippen LogP contribution is -2.22. The number of nitrogens with one attached hydrogen (secondary N) is 1. The van der Waals surface area contributed by atoms with Gasteiger partial charge in [0.25, 0.3) is 0 Å². The lowest BCUT2D eigenvalue weighted by Gasteiger charge is -2.07. The highest BCUT2D eigenvalue weighted by molar-refractivity contribution is 5.04. The second-order valence-electron chi connectivity index (χ2n) is 3.68. The molecule has 0 aromatic carbocycles. The van der Waals surface area contributed by atoms with E-state index in [2.05, 4.69) is 29.1 Å². The van der Waals surface area contributed by atoms with Gasteiger partial charge in [0.05, 0.1) is 0 Å². The van der Waals surface area contributed by atoms with Crippen LogP contribution in [0.1, 0.15) is 32.2 Å². The van der Waals surface area contributed by atoms with Crippen molar-refractivity contribution < 1.29 is 4.74 Å². The molecule has 4 heteroatoms. The van der Waals surface area contributed by atoms with Crippen LogP contribution in [0, 0.1) is 0 Å². The highest BCUT2D eigenvalue weighted by atomic mass is 16.5. The molecule has 1 heterocycles. The lowest BCUT2D eigenvalue weighted by molar-refractivity contribution is 0.128. The summed E-state index contributed by atoms with van der Waals surface area (Å²) in [4.78, 5) is 8.44. The third-order valence-corrected chi connectivity index (χ3v) is 1.91. The maximum absolute atomic E-state index is 5.22. The Morgan fingerprint density at radius 2 is 2.00 bits per heavy atom. The van der Waals surface area contributed by atoms with Crippen molar-refractivity contribution in [2.45, 2.75) is 40.0 Å². The molecule has 0 aliphatic rings. The zero-order valence-corrected chi connectivity index (χ0v) is 9.66. The average Bonchev–Trinajstić information content (AvgIpc) is 2.25. The minimum atomic E-state index is 0.480. The van der Waals surface area contributed by atoms with Gasteiger partial charge in [-0.25, -0.2) is 9.97 Å². The highest BCUT2D eigenvalue weighted by Gasteiger charge is 1.98. The van der Waals surface area contributed by atoms with Crippen molar-refractivity contribution in [2.75, 3.05) is 6.61 Å². The van der Waals surface area contributed by atoms with Crippen LogP contribution in [0.25, 0.3) is 0 Å². The molecule has 1 rings (SSSR count). The molecule has 0 unspecified atom stereocenters. The molecule has 84 valence electrons. The standard InChI is InChI=1S/C11H19N3O/c1-4-15-8-11-13-6-10(7-14-11)5-12-9(2)3/h6-7,9,12H,4-5,8H2,1-3H3. The van der Waals surface area contributed by atoms with Gasteiger partial charge in [-0.05, 0) is 6.92 Å². The summed E-state index contributed by atoms with van der Waals surface area (Å²) in [5.41, 5.74) is 1.10. The predicted octanol–water partition coefficient (Wildman–Crippen LogP) is 1.51. The zero-order chi connectivity index (χ0) is 11.1. The summed E-state index contributed by atoms with van der Waals surface area (Å²) in [7, 11) is 0. The smallest absolute Gasteiger partial charge is 0.153 e. The van der Waals surface area contributed by atoms with Gasteiger partial charge < -0.3 is 10.1 Å². The third kappa shape index (κ3) is 4.85. The number of nitrogens with zero attached hydrogens (tertiary/aromatic N) is 2. The van der Waals surface area contributed by atoms with Crippen LogP contribution < -0.4 is 5.32 Å². The third-order valence-electron chi connectivity index (χ3n) is 1.91. The quantitative estimate of drug-likeness (QED) is 0.771. The molecule has 0 aliphatic heterocycles. The molecule has 0 fully saturated rings. The van der Waals surface area contributed by atoms with Crippen LogP contribution in [-0.2, 0) is 17.9 Å². The second-order valence-corrected chi connectivity index (χ2v) is 3.68. The Bertz CT molecular complexity index is 272. The summed E-state index contributed by atoms with van der Waals surface area (Å²) in [6.07, 6.45) is 3.69. The minimum absolute atomic E-state index is 0.480. The van der Waals surface area contributed by atoms with Crippen molar-refractivity contribution >= 4 is 0 Å². The average molecular weight is 209 g/mol. The van der Waals surface area contributed by atoms with Crippen LogP contribution >= 0.6 is 0 Å². The summed E-state index contributed by atoms with van der Waals surface area (Å²) < 4.78 is 5.22. The fraction of sp³-hybridized carbons (Fsp3) is 0.636. The summed E-state index contributed by atoms with van der Waals surface area (Å²) >= 11 is 0. The summed E-state index contributed by atoms with van der Waals surface area (Å²) in [6, 6.07) is 0.480. The number of hydrogen-bond acceptors (Lipinski definition) is 4. The van der Waals surface area contributed by atoms with E-state index in [0.717, 1.165) is 17.9 Å². The molecule has 1 aromatic rings. The Morgan fingerprint density at radius 1 is 1.33 bits per heavy atom. The van der Waals surface area contributed by atoms with E-state index in [1.54, 1.807) is 0 Å². The number of rotatable bonds is 6. The molecule has 15 heavy (non-hydrogen) atoms. The van der Waals surface area contributed by atoms with E-state index < -0.39 is 0 Å². The predicted molar refractivity (Wildman–Crippen MR) is 59.3 cm³/mol. The van der Waals surface area contributed by atoms with Gasteiger partial charge in [0, 0.05) is 37.2 Å². The van der Waals surface area contributed by atoms with Crippen LogP contribution in [-0.4, -0.2) is 22.6 Å². The first-order chi connectivity index (χ1) is 7.22. The Hall–Kier alpha value is -1.00. The normalized spacial score (nSPS) is 10.9. The van der Waals surface area contributed by atoms with E-state index in [4.69, 9.17) is 4.74 Å². The topological polar surface area (TPSA) is 47.0 Å². The Labute approximate surface area is 91.1 Å². The van der Waals surface area contributed by atoms with Crippen LogP contribution in [0.5, 0.6) is 0 Å². The number of hydrogen-bond donors (Lipinski definition) is 1. The van der Waals surface area contributed by atoms with Gasteiger partial charge in [-0.15, -0.1) is 0 Å². The molecule has 0 saturated carbocycles. The summed E-state index contributed by atoms with van der Waals surface area (Å²) in [5.74, 6) is 0.741. The monoisotopic (exact) mass is 209 g/mol. The van der Waals surface area contributed by atoms with E-state index >= 15 is 0 Å². The van der Waals surface area contributed by atoms with Crippen molar-refractivity contribution in [3.05, 3.63) is 23.8 Å². The molecule has 1 N–H and O–H groups in total. The molecule has 0 amide bonds. The van der Waals surface area contributed by atoms with Crippen molar-refractivity contribution in [3.63, 3.8) is 0 Å². The first-order valence-corrected chi connectivity index (χ1v) is 5.33. The van der Waals surface area contributed by atoms with E-state index in [9.17, 15) is 0 Å². The van der Waals surface area contributed by atoms with Gasteiger partial charge >= 0.3 is 0 Å². The van der Waals surface area contributed by atoms with E-state index in [1.165, 1.54) is 0 Å². The van der Waals surface area contributed by atoms with Crippen LogP contribution in [0.15, 0.2) is 12.4 Å². The van der Waals surface area contributed by atoms with Gasteiger partial charge in [0.1, 0.15) is 6.61 Å². The van der Waals surface area contributed by atoms with Crippen molar-refractivity contribution in [2.24, 2.45) is 0 Å². The Kier molecular flexibility index (Phi) is 5.21. The molecule has 4 nitrogen and oxygen atoms in total. The van der Waals surface area contributed by atoms with Gasteiger partial charge in [-0.1, -0.05) is 13.8 Å². The van der Waals surface area contributed by atoms with Gasteiger partial charge in [0.15, 0.2) is 5.82 Å². The second kappa shape index (κ2) is 6.48. The maximum atomic E-state index is 5.22. The Balaban J connectivity index is 2.41. The molecule has 0 spiro atoms. The van der Waals surface area contributed by atoms with Crippen molar-refractivity contribution in [3.8, 4) is 0 Å². The summed E-state index contributed by atoms with van der Waals surface area (Å²) in [6.45, 7) is 8.19. The van der Waals surface area contributed by atoms with Crippen LogP contribution in [0.4, 0.5) is 0 Å². The first-order valence-electron chi connectivity index (χ1n) is 5.33. The molecule has 1 aromatic heterocycles. The lowest BCUT2D eigenvalue weighted by atomic mass is 10.3. The van der Waals surface area contributed by atoms with Gasteiger partial charge in [-0.2, -0.15) is 0 Å². The van der Waals surface area contributed by atoms with E-state index in [1.807, 2.05) is 19.3 Å². The van der Waals surface area contributed by atoms with E-state index in [-0.39, 0.29) is 0 Å². The van der Waals surface area contributed by atoms with Crippen LogP contribution in [0.2, 0.25) is 0 Å². The molecule has 0 bridgehead atoms. The number of ether oxygens (including phenoxy) is 1. The first kappa shape index (κ1) is 12.1. The fourth-order valence-electron chi connectivity index (χ4n) is 1.06. The molecule has 0 atom stereocenters. The molecule has 0 saturated heterocycles. The minimum Gasteiger partial charge on any atom is -0.374 e.